The van der Waals surface area contributed by atoms with Crippen LogP contribution in [0.15, 0.2) is 4.79 Å². The van der Waals surface area contributed by atoms with Gasteiger partial charge in [0.05, 0.1) is 12.7 Å². The van der Waals surface area contributed by atoms with Gasteiger partial charge in [0, 0.05) is 31.3 Å². The fraction of sp³-hybridized carbons (Fsp3) is 0.615. The Morgan fingerprint density at radius 1 is 1.50 bits per heavy atom. The molecule has 1 aromatic rings. The van der Waals surface area contributed by atoms with Gasteiger partial charge in [-0.2, -0.15) is 0 Å². The van der Waals surface area contributed by atoms with Crippen molar-refractivity contribution >= 4 is 5.91 Å². The third kappa shape index (κ3) is 5.10. The molecule has 112 valence electrons. The molecule has 0 saturated heterocycles. The van der Waals surface area contributed by atoms with E-state index in [4.69, 9.17) is 4.74 Å². The number of hydrogen-bond acceptors (Lipinski definition) is 5. The first-order valence-corrected chi connectivity index (χ1v) is 6.44. The van der Waals surface area contributed by atoms with Gasteiger partial charge in [-0.05, 0) is 20.3 Å². The number of methoxy groups -OCH3 is 1. The summed E-state index contributed by atoms with van der Waals surface area (Å²) in [5, 5.41) is 12.0. The summed E-state index contributed by atoms with van der Waals surface area (Å²) in [6, 6.07) is 0. The third-order valence-electron chi connectivity index (χ3n) is 2.84. The molecular formula is C13H21N3O4. The summed E-state index contributed by atoms with van der Waals surface area (Å²) in [4.78, 5) is 30.1. The van der Waals surface area contributed by atoms with Gasteiger partial charge in [0.25, 0.3) is 5.56 Å². The molecule has 7 heteroatoms. The number of aryl methyl sites for hydroxylation is 2. The second-order valence-corrected chi connectivity index (χ2v) is 4.63. The number of ether oxygens (including phenoxy) is 1. The Morgan fingerprint density at radius 2 is 2.20 bits per heavy atom. The first-order chi connectivity index (χ1) is 9.43. The van der Waals surface area contributed by atoms with Crippen LogP contribution in [0.1, 0.15) is 23.5 Å². The van der Waals surface area contributed by atoms with E-state index in [0.717, 1.165) is 0 Å². The molecule has 1 aromatic heterocycles. The van der Waals surface area contributed by atoms with Crippen LogP contribution in [0.25, 0.3) is 0 Å². The Bertz CT molecular complexity index is 513. The highest BCUT2D eigenvalue weighted by molar-refractivity contribution is 5.76. The van der Waals surface area contributed by atoms with Crippen LogP contribution in [0.3, 0.4) is 0 Å². The second-order valence-electron chi connectivity index (χ2n) is 4.63. The lowest BCUT2D eigenvalue weighted by Gasteiger charge is -2.11. The van der Waals surface area contributed by atoms with Crippen LogP contribution >= 0.6 is 0 Å². The minimum absolute atomic E-state index is 0.133. The minimum Gasteiger partial charge on any atom is -0.389 e. The van der Waals surface area contributed by atoms with Gasteiger partial charge in [-0.1, -0.05) is 0 Å². The molecule has 1 rings (SSSR count). The summed E-state index contributed by atoms with van der Waals surface area (Å²) in [5.74, 6) is 0.336. The highest BCUT2D eigenvalue weighted by Gasteiger charge is 2.10. The highest BCUT2D eigenvalue weighted by atomic mass is 16.5. The van der Waals surface area contributed by atoms with Crippen molar-refractivity contribution in [1.82, 2.24) is 15.3 Å². The van der Waals surface area contributed by atoms with Gasteiger partial charge in [-0.25, -0.2) is 4.98 Å². The van der Waals surface area contributed by atoms with Gasteiger partial charge in [0.1, 0.15) is 5.82 Å². The molecule has 1 atom stereocenters. The number of aliphatic hydroxyl groups excluding tert-OH is 1. The number of carbonyl (C=O) groups excluding carboxylic acids is 1. The first-order valence-electron chi connectivity index (χ1n) is 6.44. The van der Waals surface area contributed by atoms with Crippen LogP contribution in [0.5, 0.6) is 0 Å². The predicted molar refractivity (Wildman–Crippen MR) is 73.5 cm³/mol. The van der Waals surface area contributed by atoms with Gasteiger partial charge in [-0.3, -0.25) is 9.59 Å². The molecule has 0 aliphatic rings. The largest absolute Gasteiger partial charge is 0.389 e. The molecule has 20 heavy (non-hydrogen) atoms. The van der Waals surface area contributed by atoms with Crippen molar-refractivity contribution < 1.29 is 14.6 Å². The number of aliphatic hydroxyl groups is 1. The number of nitrogens with zero attached hydrogens (tertiary/aromatic N) is 1. The summed E-state index contributed by atoms with van der Waals surface area (Å²) in [6.45, 7) is 3.76. The first kappa shape index (κ1) is 16.3. The lowest BCUT2D eigenvalue weighted by Crippen LogP contribution is -2.34. The number of nitrogens with one attached hydrogen (secondary N) is 2. The molecule has 0 spiro atoms. The fourth-order valence-electron chi connectivity index (χ4n) is 1.86. The van der Waals surface area contributed by atoms with Crippen molar-refractivity contribution in [2.75, 3.05) is 20.3 Å². The number of hydrogen-bond donors (Lipinski definition) is 3. The van der Waals surface area contributed by atoms with Crippen molar-refractivity contribution in [2.45, 2.75) is 32.8 Å². The normalized spacial score (nSPS) is 12.2. The maximum absolute atomic E-state index is 11.7. The molecule has 0 aliphatic heterocycles. The molecule has 1 unspecified atom stereocenters. The van der Waals surface area contributed by atoms with E-state index in [0.29, 0.717) is 23.5 Å². The Morgan fingerprint density at radius 3 is 2.80 bits per heavy atom. The van der Waals surface area contributed by atoms with Crippen molar-refractivity contribution in [2.24, 2.45) is 0 Å². The Balaban J connectivity index is 2.48. The maximum atomic E-state index is 11.7. The summed E-state index contributed by atoms with van der Waals surface area (Å²) in [5.41, 5.74) is 0.948. The van der Waals surface area contributed by atoms with E-state index >= 15 is 0 Å². The van der Waals surface area contributed by atoms with E-state index in [9.17, 15) is 14.7 Å². The average molecular weight is 283 g/mol. The summed E-state index contributed by atoms with van der Waals surface area (Å²) >= 11 is 0. The summed E-state index contributed by atoms with van der Waals surface area (Å²) in [7, 11) is 1.48. The van der Waals surface area contributed by atoms with Crippen molar-refractivity contribution in [1.29, 1.82) is 0 Å². The van der Waals surface area contributed by atoms with Gasteiger partial charge in [-0.15, -0.1) is 0 Å². The van der Waals surface area contributed by atoms with Crippen LogP contribution in [0.2, 0.25) is 0 Å². The third-order valence-corrected chi connectivity index (χ3v) is 2.84. The van der Waals surface area contributed by atoms with Crippen LogP contribution in [-0.2, 0) is 16.0 Å². The molecule has 1 amide bonds. The SMILES string of the molecule is COCC(O)CNC(=O)CCc1c(C)nc(C)[nH]c1=O. The summed E-state index contributed by atoms with van der Waals surface area (Å²) < 4.78 is 4.75. The van der Waals surface area contributed by atoms with E-state index in [2.05, 4.69) is 15.3 Å². The monoisotopic (exact) mass is 283 g/mol. The predicted octanol–water partition coefficient (Wildman–Crippen LogP) is -0.557. The molecule has 0 fully saturated rings. The average Bonchev–Trinajstić information content (AvgIpc) is 2.35. The van der Waals surface area contributed by atoms with Crippen LogP contribution < -0.4 is 10.9 Å². The van der Waals surface area contributed by atoms with Gasteiger partial charge < -0.3 is 20.1 Å². The van der Waals surface area contributed by atoms with Crippen molar-refractivity contribution in [3.63, 3.8) is 0 Å². The smallest absolute Gasteiger partial charge is 0.254 e. The van der Waals surface area contributed by atoms with E-state index in [1.807, 2.05) is 0 Å². The van der Waals surface area contributed by atoms with Gasteiger partial charge in [0.2, 0.25) is 5.91 Å². The zero-order valence-electron chi connectivity index (χ0n) is 12.0. The molecule has 0 radical (unpaired) electrons. The molecule has 7 nitrogen and oxygen atoms in total. The standard InChI is InChI=1S/C13H21N3O4/c1-8-11(13(19)16-9(2)15-8)4-5-12(18)14-6-10(17)7-20-3/h10,17H,4-7H2,1-3H3,(H,14,18)(H,15,16,19). The number of aromatic amines is 1. The number of aromatic nitrogens is 2. The van der Waals surface area contributed by atoms with Crippen LogP contribution in [0.4, 0.5) is 0 Å². The van der Waals surface area contributed by atoms with E-state index < -0.39 is 6.10 Å². The quantitative estimate of drug-likeness (QED) is 0.622. The molecule has 0 aliphatic carbocycles. The minimum atomic E-state index is -0.727. The van der Waals surface area contributed by atoms with E-state index in [1.165, 1.54) is 7.11 Å². The highest BCUT2D eigenvalue weighted by Crippen LogP contribution is 2.02. The number of carbonyl (C=O) groups is 1. The Kier molecular flexibility index (Phi) is 6.33. The van der Waals surface area contributed by atoms with Crippen molar-refractivity contribution in [3.8, 4) is 0 Å². The van der Waals surface area contributed by atoms with Crippen LogP contribution in [-0.4, -0.2) is 47.3 Å². The summed E-state index contributed by atoms with van der Waals surface area (Å²) in [6.07, 6.45) is -0.232. The van der Waals surface area contributed by atoms with E-state index in [1.54, 1.807) is 13.8 Å². The topological polar surface area (TPSA) is 104 Å². The van der Waals surface area contributed by atoms with Gasteiger partial charge >= 0.3 is 0 Å². The van der Waals surface area contributed by atoms with E-state index in [-0.39, 0.29) is 31.0 Å². The maximum Gasteiger partial charge on any atom is 0.254 e. The fourth-order valence-corrected chi connectivity index (χ4v) is 1.86. The van der Waals surface area contributed by atoms with Crippen molar-refractivity contribution in [3.05, 3.63) is 27.4 Å². The molecule has 1 heterocycles. The lowest BCUT2D eigenvalue weighted by atomic mass is 10.1. The Hall–Kier alpha value is -1.73. The van der Waals surface area contributed by atoms with Gasteiger partial charge in [0.15, 0.2) is 0 Å². The number of H-pyrrole nitrogens is 1. The number of amides is 1. The number of rotatable bonds is 7. The zero-order valence-corrected chi connectivity index (χ0v) is 12.0. The molecule has 0 aromatic carbocycles. The second kappa shape index (κ2) is 7.76. The lowest BCUT2D eigenvalue weighted by molar-refractivity contribution is -0.121. The molecule has 3 N–H and O–H groups in total. The molecule has 0 bridgehead atoms. The van der Waals surface area contributed by atoms with Crippen LogP contribution in [0, 0.1) is 13.8 Å². The molecular weight excluding hydrogens is 262 g/mol. The molecule has 0 saturated carbocycles. The zero-order chi connectivity index (χ0) is 15.1. The Labute approximate surface area is 117 Å².